The SMILES string of the molecule is Cc1ccc2nc(CCl)n(C3CCCNC3=O)c2c1. The van der Waals surface area contributed by atoms with E-state index >= 15 is 0 Å². The number of hydrogen-bond acceptors (Lipinski definition) is 2. The number of halogens is 1. The summed E-state index contributed by atoms with van der Waals surface area (Å²) in [7, 11) is 0. The zero-order valence-corrected chi connectivity index (χ0v) is 11.6. The highest BCUT2D eigenvalue weighted by molar-refractivity contribution is 6.17. The van der Waals surface area contributed by atoms with Gasteiger partial charge in [-0.3, -0.25) is 4.79 Å². The summed E-state index contributed by atoms with van der Waals surface area (Å²) < 4.78 is 2.00. The zero-order valence-electron chi connectivity index (χ0n) is 10.8. The van der Waals surface area contributed by atoms with E-state index in [1.54, 1.807) is 0 Å². The molecule has 0 aliphatic carbocycles. The van der Waals surface area contributed by atoms with Crippen LogP contribution in [-0.4, -0.2) is 22.0 Å². The number of aromatic nitrogens is 2. The van der Waals surface area contributed by atoms with Gasteiger partial charge in [0.25, 0.3) is 0 Å². The smallest absolute Gasteiger partial charge is 0.243 e. The molecule has 3 rings (SSSR count). The largest absolute Gasteiger partial charge is 0.354 e. The molecule has 1 aromatic carbocycles. The number of hydrogen-bond donors (Lipinski definition) is 1. The first-order valence-electron chi connectivity index (χ1n) is 6.52. The average molecular weight is 278 g/mol. The maximum absolute atomic E-state index is 12.1. The van der Waals surface area contributed by atoms with Crippen LogP contribution in [0.1, 0.15) is 30.3 Å². The molecule has 0 spiro atoms. The summed E-state index contributed by atoms with van der Waals surface area (Å²) in [6, 6.07) is 5.89. The zero-order chi connectivity index (χ0) is 13.4. The maximum atomic E-state index is 12.1. The number of piperidine rings is 1. The molecule has 0 saturated carbocycles. The molecule has 1 amide bonds. The Morgan fingerprint density at radius 3 is 3.11 bits per heavy atom. The van der Waals surface area contributed by atoms with E-state index in [0.29, 0.717) is 5.88 Å². The Labute approximate surface area is 116 Å². The van der Waals surface area contributed by atoms with Gasteiger partial charge in [0, 0.05) is 6.54 Å². The van der Waals surface area contributed by atoms with Crippen LogP contribution in [0.3, 0.4) is 0 Å². The molecular weight excluding hydrogens is 262 g/mol. The average Bonchev–Trinajstić information content (AvgIpc) is 2.77. The molecule has 1 unspecified atom stereocenters. The summed E-state index contributed by atoms with van der Waals surface area (Å²) in [6.45, 7) is 2.80. The molecule has 1 aromatic heterocycles. The van der Waals surface area contributed by atoms with E-state index in [1.165, 1.54) is 0 Å². The van der Waals surface area contributed by atoms with Gasteiger partial charge in [-0.1, -0.05) is 6.07 Å². The van der Waals surface area contributed by atoms with Gasteiger partial charge in [-0.05, 0) is 37.5 Å². The first-order chi connectivity index (χ1) is 9.20. The third kappa shape index (κ3) is 2.10. The van der Waals surface area contributed by atoms with Crippen LogP contribution in [0.5, 0.6) is 0 Å². The van der Waals surface area contributed by atoms with Crippen molar-refractivity contribution >= 4 is 28.5 Å². The van der Waals surface area contributed by atoms with E-state index < -0.39 is 0 Å². The molecule has 0 radical (unpaired) electrons. The van der Waals surface area contributed by atoms with Gasteiger partial charge in [0.05, 0.1) is 16.9 Å². The molecule has 100 valence electrons. The topological polar surface area (TPSA) is 46.9 Å². The molecule has 1 aliphatic heterocycles. The van der Waals surface area contributed by atoms with Crippen LogP contribution >= 0.6 is 11.6 Å². The van der Waals surface area contributed by atoms with E-state index in [2.05, 4.69) is 16.4 Å². The number of amides is 1. The summed E-state index contributed by atoms with van der Waals surface area (Å²) >= 11 is 6.00. The second kappa shape index (κ2) is 4.85. The highest BCUT2D eigenvalue weighted by Gasteiger charge is 2.27. The lowest BCUT2D eigenvalue weighted by molar-refractivity contribution is -0.125. The quantitative estimate of drug-likeness (QED) is 0.858. The second-order valence-electron chi connectivity index (χ2n) is 4.97. The molecule has 0 bridgehead atoms. The predicted octanol–water partition coefficient (Wildman–Crippen LogP) is 2.53. The number of nitrogens with one attached hydrogen (secondary N) is 1. The Morgan fingerprint density at radius 1 is 1.53 bits per heavy atom. The van der Waals surface area contributed by atoms with Crippen LogP contribution in [0.4, 0.5) is 0 Å². The van der Waals surface area contributed by atoms with Crippen LogP contribution in [0.15, 0.2) is 18.2 Å². The fraction of sp³-hybridized carbons (Fsp3) is 0.429. The van der Waals surface area contributed by atoms with Crippen LogP contribution in [0.2, 0.25) is 0 Å². The fourth-order valence-corrected chi connectivity index (χ4v) is 2.89. The summed E-state index contributed by atoms with van der Waals surface area (Å²) in [6.07, 6.45) is 1.83. The van der Waals surface area contributed by atoms with Gasteiger partial charge >= 0.3 is 0 Å². The molecule has 1 N–H and O–H groups in total. The van der Waals surface area contributed by atoms with Crippen LogP contribution < -0.4 is 5.32 Å². The Morgan fingerprint density at radius 2 is 2.37 bits per heavy atom. The predicted molar refractivity (Wildman–Crippen MR) is 75.3 cm³/mol. The number of fused-ring (bicyclic) bond motifs is 1. The lowest BCUT2D eigenvalue weighted by atomic mass is 10.1. The van der Waals surface area contributed by atoms with Crippen molar-refractivity contribution in [1.29, 1.82) is 0 Å². The van der Waals surface area contributed by atoms with Crippen molar-refractivity contribution in [1.82, 2.24) is 14.9 Å². The van der Waals surface area contributed by atoms with Crippen LogP contribution in [0, 0.1) is 6.92 Å². The third-order valence-corrected chi connectivity index (χ3v) is 3.84. The number of rotatable bonds is 2. The maximum Gasteiger partial charge on any atom is 0.243 e. The minimum Gasteiger partial charge on any atom is -0.354 e. The number of carbonyl (C=O) groups is 1. The van der Waals surface area contributed by atoms with Crippen molar-refractivity contribution < 1.29 is 4.79 Å². The van der Waals surface area contributed by atoms with Gasteiger partial charge in [-0.25, -0.2) is 4.98 Å². The van der Waals surface area contributed by atoms with E-state index in [-0.39, 0.29) is 11.9 Å². The minimum atomic E-state index is -0.186. The standard InChI is InChI=1S/C14H16ClN3O/c1-9-4-5-10-12(7-9)18(13(8-15)17-10)11-3-2-6-16-14(11)19/h4-5,7,11H,2-3,6,8H2,1H3,(H,16,19). The molecule has 5 heteroatoms. The van der Waals surface area contributed by atoms with Gasteiger partial charge in [-0.15, -0.1) is 11.6 Å². The summed E-state index contributed by atoms with van der Waals surface area (Å²) in [4.78, 5) is 16.6. The third-order valence-electron chi connectivity index (χ3n) is 3.61. The highest BCUT2D eigenvalue weighted by Crippen LogP contribution is 2.27. The van der Waals surface area contributed by atoms with Crippen LogP contribution in [-0.2, 0) is 10.7 Å². The Kier molecular flexibility index (Phi) is 3.19. The molecule has 1 aliphatic rings. The van der Waals surface area contributed by atoms with Crippen molar-refractivity contribution in [3.8, 4) is 0 Å². The van der Waals surface area contributed by atoms with E-state index in [4.69, 9.17) is 11.6 Å². The molecular formula is C14H16ClN3O. The molecule has 4 nitrogen and oxygen atoms in total. The first kappa shape index (κ1) is 12.5. The molecule has 1 fully saturated rings. The molecule has 19 heavy (non-hydrogen) atoms. The van der Waals surface area contributed by atoms with E-state index in [1.807, 2.05) is 23.6 Å². The molecule has 1 saturated heterocycles. The van der Waals surface area contributed by atoms with Crippen molar-refractivity contribution in [2.75, 3.05) is 6.54 Å². The lowest BCUT2D eigenvalue weighted by Crippen LogP contribution is -2.38. The number of benzene rings is 1. The normalized spacial score (nSPS) is 19.7. The van der Waals surface area contributed by atoms with Crippen molar-refractivity contribution in [3.63, 3.8) is 0 Å². The van der Waals surface area contributed by atoms with Gasteiger partial charge in [0.2, 0.25) is 5.91 Å². The summed E-state index contributed by atoms with van der Waals surface area (Å²) in [5, 5.41) is 2.92. The van der Waals surface area contributed by atoms with Crippen LogP contribution in [0.25, 0.3) is 11.0 Å². The van der Waals surface area contributed by atoms with Gasteiger partial charge in [0.15, 0.2) is 0 Å². The molecule has 1 atom stereocenters. The Bertz CT molecular complexity index is 635. The van der Waals surface area contributed by atoms with Crippen molar-refractivity contribution in [2.24, 2.45) is 0 Å². The summed E-state index contributed by atoms with van der Waals surface area (Å²) in [5.74, 6) is 1.15. The fourth-order valence-electron chi connectivity index (χ4n) is 2.70. The van der Waals surface area contributed by atoms with E-state index in [0.717, 1.165) is 41.8 Å². The number of alkyl halides is 1. The minimum absolute atomic E-state index is 0.0680. The van der Waals surface area contributed by atoms with Crippen molar-refractivity contribution in [3.05, 3.63) is 29.6 Å². The number of carbonyl (C=O) groups excluding carboxylic acids is 1. The number of aryl methyl sites for hydroxylation is 1. The first-order valence-corrected chi connectivity index (χ1v) is 7.05. The Hall–Kier alpha value is -1.55. The van der Waals surface area contributed by atoms with E-state index in [9.17, 15) is 4.79 Å². The second-order valence-corrected chi connectivity index (χ2v) is 5.24. The number of nitrogens with zero attached hydrogens (tertiary/aromatic N) is 2. The Balaban J connectivity index is 2.19. The van der Waals surface area contributed by atoms with Gasteiger partial charge in [0.1, 0.15) is 11.9 Å². The van der Waals surface area contributed by atoms with Crippen molar-refractivity contribution in [2.45, 2.75) is 31.7 Å². The highest BCUT2D eigenvalue weighted by atomic mass is 35.5. The molecule has 2 aromatic rings. The number of imidazole rings is 1. The lowest BCUT2D eigenvalue weighted by Gasteiger charge is -2.25. The van der Waals surface area contributed by atoms with Gasteiger partial charge in [-0.2, -0.15) is 0 Å². The molecule has 2 heterocycles. The summed E-state index contributed by atoms with van der Waals surface area (Å²) in [5.41, 5.74) is 3.06. The monoisotopic (exact) mass is 277 g/mol. The van der Waals surface area contributed by atoms with Gasteiger partial charge < -0.3 is 9.88 Å².